The smallest absolute Gasteiger partial charge is 0.433 e. The predicted molar refractivity (Wildman–Crippen MR) is 126 cm³/mol. The van der Waals surface area contributed by atoms with Gasteiger partial charge in [-0.2, -0.15) is 31.3 Å². The molecule has 5 heterocycles. The van der Waals surface area contributed by atoms with E-state index in [1.54, 1.807) is 6.07 Å². The molecule has 0 unspecified atom stereocenters. The molecule has 9 nitrogen and oxygen atoms in total. The van der Waals surface area contributed by atoms with Crippen LogP contribution in [0.3, 0.4) is 0 Å². The Hall–Kier alpha value is -4.17. The van der Waals surface area contributed by atoms with Gasteiger partial charge in [0.15, 0.2) is 5.82 Å². The number of nitrogens with zero attached hydrogens (tertiary/aromatic N) is 6. The van der Waals surface area contributed by atoms with Crippen LogP contribution in [0.4, 0.5) is 43.8 Å². The molecule has 0 radical (unpaired) electrons. The number of carbonyl (C=O) groups is 1. The molecule has 1 atom stereocenters. The SMILES string of the molecule is CN1c2nc(NCc3ccc(Oc4ccc(C(F)(F)F)nc4)nc3)nc3c2N(CCC3)C(=O)[C@H]1CC(F)(F)F. The molecule has 0 saturated heterocycles. The third-order valence-electron chi connectivity index (χ3n) is 6.28. The number of nitrogens with one attached hydrogen (secondary N) is 1. The lowest BCUT2D eigenvalue weighted by Crippen LogP contribution is -2.55. The maximum atomic E-state index is 13.2. The summed E-state index contributed by atoms with van der Waals surface area (Å²) in [6, 6.07) is 3.71. The van der Waals surface area contributed by atoms with Crippen molar-refractivity contribution in [1.82, 2.24) is 19.9 Å². The highest BCUT2D eigenvalue weighted by atomic mass is 19.4. The van der Waals surface area contributed by atoms with E-state index in [0.29, 0.717) is 36.3 Å². The molecule has 0 aromatic carbocycles. The third-order valence-corrected chi connectivity index (χ3v) is 6.28. The van der Waals surface area contributed by atoms with Gasteiger partial charge in [-0.25, -0.2) is 15.0 Å². The molecular weight excluding hydrogens is 532 g/mol. The number of aromatic nitrogens is 4. The van der Waals surface area contributed by atoms with Gasteiger partial charge >= 0.3 is 12.4 Å². The van der Waals surface area contributed by atoms with Crippen molar-refractivity contribution in [2.24, 2.45) is 0 Å². The van der Waals surface area contributed by atoms with Gasteiger partial charge in [0, 0.05) is 32.4 Å². The topological polar surface area (TPSA) is 96.4 Å². The van der Waals surface area contributed by atoms with Crippen LogP contribution in [0, 0.1) is 0 Å². The Morgan fingerprint density at radius 3 is 2.49 bits per heavy atom. The summed E-state index contributed by atoms with van der Waals surface area (Å²) in [5.41, 5.74) is 0.664. The summed E-state index contributed by atoms with van der Waals surface area (Å²) in [7, 11) is 1.42. The molecule has 1 N–H and O–H groups in total. The first-order valence-electron chi connectivity index (χ1n) is 11.8. The summed E-state index contributed by atoms with van der Waals surface area (Å²) in [5, 5.41) is 3.04. The Kier molecular flexibility index (Phi) is 6.68. The minimum Gasteiger partial charge on any atom is -0.437 e. The minimum absolute atomic E-state index is 0.0817. The van der Waals surface area contributed by atoms with Gasteiger partial charge in [0.2, 0.25) is 17.7 Å². The Balaban J connectivity index is 1.29. The van der Waals surface area contributed by atoms with Crippen molar-refractivity contribution in [2.45, 2.75) is 44.2 Å². The van der Waals surface area contributed by atoms with Crippen LogP contribution in [0.5, 0.6) is 11.6 Å². The van der Waals surface area contributed by atoms with Gasteiger partial charge in [0.05, 0.1) is 18.3 Å². The van der Waals surface area contributed by atoms with Gasteiger partial charge in [-0.1, -0.05) is 6.07 Å². The largest absolute Gasteiger partial charge is 0.437 e. The molecule has 2 aliphatic rings. The standard InChI is InChI=1S/C24H21F6N7O2/c1-36-16(9-23(25,26)27)21(38)37-8-2-3-15-19(37)20(36)35-22(34-15)33-11-13-4-7-18(32-10-13)39-14-5-6-17(31-12-14)24(28,29)30/h4-7,10,12,16H,2-3,8-9,11H2,1H3,(H,33,34,35)/t16-/m1/s1. The molecule has 206 valence electrons. The highest BCUT2D eigenvalue weighted by Gasteiger charge is 2.46. The molecule has 0 aliphatic carbocycles. The number of hydrogen-bond donors (Lipinski definition) is 1. The number of rotatable bonds is 6. The Bertz CT molecular complexity index is 1360. The molecule has 5 rings (SSSR count). The number of halogens is 6. The first-order valence-corrected chi connectivity index (χ1v) is 11.8. The maximum Gasteiger partial charge on any atom is 0.433 e. The van der Waals surface area contributed by atoms with Gasteiger partial charge in [-0.05, 0) is 30.5 Å². The number of amides is 1. The summed E-state index contributed by atoms with van der Waals surface area (Å²) in [6.45, 7) is 0.519. The van der Waals surface area contributed by atoms with Crippen molar-refractivity contribution in [3.8, 4) is 11.6 Å². The van der Waals surface area contributed by atoms with Gasteiger partial charge in [-0.3, -0.25) is 4.79 Å². The molecular formula is C24H21F6N7O2. The van der Waals surface area contributed by atoms with Gasteiger partial charge in [0.1, 0.15) is 23.2 Å². The zero-order valence-electron chi connectivity index (χ0n) is 20.3. The summed E-state index contributed by atoms with van der Waals surface area (Å²) in [4.78, 5) is 31.8. The molecule has 2 aliphatic heterocycles. The Morgan fingerprint density at radius 2 is 1.85 bits per heavy atom. The van der Waals surface area contributed by atoms with E-state index >= 15 is 0 Å². The van der Waals surface area contributed by atoms with E-state index in [-0.39, 0.29) is 29.9 Å². The van der Waals surface area contributed by atoms with E-state index in [1.165, 1.54) is 29.1 Å². The zero-order valence-corrected chi connectivity index (χ0v) is 20.3. The van der Waals surface area contributed by atoms with Crippen molar-refractivity contribution in [1.29, 1.82) is 0 Å². The van der Waals surface area contributed by atoms with Crippen LogP contribution in [-0.4, -0.2) is 51.7 Å². The fourth-order valence-corrected chi connectivity index (χ4v) is 4.42. The van der Waals surface area contributed by atoms with E-state index in [1.807, 2.05) is 0 Å². The number of ether oxygens (including phenoxy) is 1. The van der Waals surface area contributed by atoms with Crippen molar-refractivity contribution in [2.75, 3.05) is 28.7 Å². The lowest BCUT2D eigenvalue weighted by atomic mass is 10.0. The molecule has 0 bridgehead atoms. The summed E-state index contributed by atoms with van der Waals surface area (Å²) in [6.07, 6.45) is -6.82. The van der Waals surface area contributed by atoms with Crippen molar-refractivity contribution in [3.05, 3.63) is 53.6 Å². The van der Waals surface area contributed by atoms with E-state index in [0.717, 1.165) is 18.3 Å². The number of hydrogen-bond acceptors (Lipinski definition) is 8. The normalized spacial score (nSPS) is 17.2. The summed E-state index contributed by atoms with van der Waals surface area (Å²) < 4.78 is 82.9. The highest BCUT2D eigenvalue weighted by Crippen LogP contribution is 2.42. The second kappa shape index (κ2) is 9.85. The van der Waals surface area contributed by atoms with E-state index in [2.05, 4.69) is 25.3 Å². The van der Waals surface area contributed by atoms with Crippen molar-refractivity contribution >= 4 is 23.4 Å². The highest BCUT2D eigenvalue weighted by molar-refractivity contribution is 6.05. The molecule has 0 spiro atoms. The van der Waals surface area contributed by atoms with Crippen LogP contribution >= 0.6 is 0 Å². The van der Waals surface area contributed by atoms with Crippen molar-refractivity contribution < 1.29 is 35.9 Å². The monoisotopic (exact) mass is 553 g/mol. The van der Waals surface area contributed by atoms with E-state index in [4.69, 9.17) is 4.74 Å². The Morgan fingerprint density at radius 1 is 1.05 bits per heavy atom. The van der Waals surface area contributed by atoms with Gasteiger partial charge in [-0.15, -0.1) is 0 Å². The van der Waals surface area contributed by atoms with Crippen LogP contribution in [0.15, 0.2) is 36.7 Å². The second-order valence-electron chi connectivity index (χ2n) is 9.04. The van der Waals surface area contributed by atoms with Crippen LogP contribution in [0.25, 0.3) is 0 Å². The predicted octanol–water partition coefficient (Wildman–Crippen LogP) is 4.74. The average molecular weight is 553 g/mol. The van der Waals surface area contributed by atoms with Crippen LogP contribution in [0.1, 0.15) is 29.8 Å². The molecule has 15 heteroatoms. The third kappa shape index (κ3) is 5.66. The Labute approximate surface area is 217 Å². The first kappa shape index (κ1) is 26.4. The van der Waals surface area contributed by atoms with Gasteiger partial charge < -0.3 is 19.9 Å². The average Bonchev–Trinajstić information content (AvgIpc) is 2.88. The molecule has 1 amide bonds. The number of alkyl halides is 6. The molecule has 3 aromatic heterocycles. The van der Waals surface area contributed by atoms with E-state index < -0.39 is 36.4 Å². The summed E-state index contributed by atoms with van der Waals surface area (Å²) in [5.74, 6) is 0.0416. The number of anilines is 3. The fourth-order valence-electron chi connectivity index (χ4n) is 4.42. The number of likely N-dealkylation sites (N-methyl/N-ethyl adjacent to an activating group) is 1. The van der Waals surface area contributed by atoms with Crippen molar-refractivity contribution in [3.63, 3.8) is 0 Å². The second-order valence-corrected chi connectivity index (χ2v) is 9.04. The van der Waals surface area contributed by atoms with Crippen LogP contribution in [0.2, 0.25) is 0 Å². The lowest BCUT2D eigenvalue weighted by Gasteiger charge is -2.42. The quantitative estimate of drug-likeness (QED) is 0.438. The maximum absolute atomic E-state index is 13.2. The van der Waals surface area contributed by atoms with E-state index in [9.17, 15) is 31.1 Å². The number of carbonyl (C=O) groups excluding carboxylic acids is 1. The molecule has 0 fully saturated rings. The zero-order chi connectivity index (χ0) is 27.9. The van der Waals surface area contributed by atoms with Gasteiger partial charge in [0.25, 0.3) is 0 Å². The number of aryl methyl sites for hydroxylation is 1. The molecule has 0 saturated carbocycles. The van der Waals surface area contributed by atoms with Crippen LogP contribution in [-0.2, 0) is 23.9 Å². The molecule has 39 heavy (non-hydrogen) atoms. The lowest BCUT2D eigenvalue weighted by molar-refractivity contribution is -0.146. The minimum atomic E-state index is -4.55. The van der Waals surface area contributed by atoms with Crippen LogP contribution < -0.4 is 19.9 Å². The first-order chi connectivity index (χ1) is 18.4. The summed E-state index contributed by atoms with van der Waals surface area (Å²) >= 11 is 0. The molecule has 3 aromatic rings. The number of pyridine rings is 2. The fraction of sp³-hybridized carbons (Fsp3) is 0.375.